The van der Waals surface area contributed by atoms with Crippen molar-refractivity contribution in [3.05, 3.63) is 71.5 Å². The van der Waals surface area contributed by atoms with Gasteiger partial charge in [-0.1, -0.05) is 43.5 Å². The summed E-state index contributed by atoms with van der Waals surface area (Å²) < 4.78 is 5.20. The average Bonchev–Trinajstić information content (AvgIpc) is 2.77. The first kappa shape index (κ1) is 18.3. The highest BCUT2D eigenvalue weighted by Gasteiger charge is 2.17. The summed E-state index contributed by atoms with van der Waals surface area (Å²) >= 11 is 0. The number of ketones is 1. The van der Waals surface area contributed by atoms with Crippen LogP contribution in [0.15, 0.2) is 54.9 Å². The molecule has 3 aromatic rings. The quantitative estimate of drug-likeness (QED) is 0.477. The molecule has 1 saturated carbocycles. The number of esters is 1. The largest absolute Gasteiger partial charge is 0.454 e. The smallest absolute Gasteiger partial charge is 0.338 e. The first-order chi connectivity index (χ1) is 13.7. The Kier molecular flexibility index (Phi) is 5.42. The number of ether oxygens (including phenoxy) is 1. The maximum Gasteiger partial charge on any atom is 0.338 e. The number of carbonyl (C=O) groups is 2. The molecule has 142 valence electrons. The highest BCUT2D eigenvalue weighted by atomic mass is 16.5. The monoisotopic (exact) mass is 374 g/mol. The van der Waals surface area contributed by atoms with Gasteiger partial charge in [0.15, 0.2) is 12.4 Å². The number of aromatic nitrogens is 2. The number of benzene rings is 2. The molecular weight excluding hydrogens is 352 g/mol. The zero-order valence-electron chi connectivity index (χ0n) is 15.6. The molecule has 0 saturated heterocycles. The van der Waals surface area contributed by atoms with Crippen molar-refractivity contribution in [2.75, 3.05) is 6.61 Å². The van der Waals surface area contributed by atoms with Gasteiger partial charge < -0.3 is 4.74 Å². The van der Waals surface area contributed by atoms with Gasteiger partial charge in [0.25, 0.3) is 0 Å². The van der Waals surface area contributed by atoms with Crippen molar-refractivity contribution in [2.45, 2.75) is 38.0 Å². The van der Waals surface area contributed by atoms with Crippen molar-refractivity contribution in [3.8, 4) is 0 Å². The topological polar surface area (TPSA) is 69.2 Å². The molecule has 1 aliphatic rings. The van der Waals surface area contributed by atoms with E-state index in [9.17, 15) is 9.59 Å². The Labute approximate surface area is 163 Å². The first-order valence-electron chi connectivity index (χ1n) is 9.72. The molecule has 5 nitrogen and oxygen atoms in total. The normalized spacial score (nSPS) is 14.7. The summed E-state index contributed by atoms with van der Waals surface area (Å²) in [5, 5.41) is 0. The van der Waals surface area contributed by atoms with Gasteiger partial charge in [-0.2, -0.15) is 0 Å². The van der Waals surface area contributed by atoms with E-state index >= 15 is 0 Å². The molecule has 1 aliphatic carbocycles. The SMILES string of the molecule is O=C(COC(=O)c1ccc2nccnc2c1)c1ccc(C2CCCCC2)cc1. The van der Waals surface area contributed by atoms with Gasteiger partial charge in [-0.25, -0.2) is 4.79 Å². The molecule has 0 atom stereocenters. The molecule has 1 heterocycles. The standard InChI is InChI=1S/C23H22N2O3/c26-22(18-8-6-17(7-9-18)16-4-2-1-3-5-16)15-28-23(27)19-10-11-20-21(14-19)25-13-12-24-20/h6-14,16H,1-5,15H2. The minimum absolute atomic E-state index is 0.205. The van der Waals surface area contributed by atoms with Gasteiger partial charge in [-0.05, 0) is 42.5 Å². The zero-order valence-corrected chi connectivity index (χ0v) is 15.6. The maximum atomic E-state index is 12.4. The lowest BCUT2D eigenvalue weighted by Gasteiger charge is -2.22. The second-order valence-electron chi connectivity index (χ2n) is 7.22. The number of nitrogens with zero attached hydrogens (tertiary/aromatic N) is 2. The van der Waals surface area contributed by atoms with Crippen LogP contribution in [-0.4, -0.2) is 28.3 Å². The molecule has 0 amide bonds. The van der Waals surface area contributed by atoms with E-state index in [0.29, 0.717) is 28.1 Å². The second kappa shape index (κ2) is 8.30. The molecule has 0 bridgehead atoms. The first-order valence-corrected chi connectivity index (χ1v) is 9.72. The van der Waals surface area contributed by atoms with Crippen LogP contribution in [0.1, 0.15) is 64.3 Å². The van der Waals surface area contributed by atoms with E-state index < -0.39 is 5.97 Å². The number of hydrogen-bond donors (Lipinski definition) is 0. The van der Waals surface area contributed by atoms with Crippen LogP contribution < -0.4 is 0 Å². The van der Waals surface area contributed by atoms with E-state index in [1.165, 1.54) is 37.7 Å². The molecule has 5 heteroatoms. The third kappa shape index (κ3) is 4.09. The van der Waals surface area contributed by atoms with Crippen LogP contribution in [-0.2, 0) is 4.74 Å². The van der Waals surface area contributed by atoms with Gasteiger partial charge in [-0.3, -0.25) is 14.8 Å². The predicted octanol–water partition coefficient (Wildman–Crippen LogP) is 4.72. The van der Waals surface area contributed by atoms with Gasteiger partial charge >= 0.3 is 5.97 Å². The molecule has 1 fully saturated rings. The molecular formula is C23H22N2O3. The summed E-state index contributed by atoms with van der Waals surface area (Å²) in [4.78, 5) is 33.0. The Hall–Kier alpha value is -3.08. The van der Waals surface area contributed by atoms with Gasteiger partial charge in [0, 0.05) is 18.0 Å². The van der Waals surface area contributed by atoms with Crippen molar-refractivity contribution in [1.29, 1.82) is 0 Å². The molecule has 0 unspecified atom stereocenters. The molecule has 2 aromatic carbocycles. The van der Waals surface area contributed by atoms with Crippen LogP contribution in [0.25, 0.3) is 11.0 Å². The fraction of sp³-hybridized carbons (Fsp3) is 0.304. The summed E-state index contributed by atoms with van der Waals surface area (Å²) in [6.45, 7) is -0.278. The number of Topliss-reactive ketones (excluding diaryl/α,β-unsaturated/α-hetero) is 1. The molecule has 28 heavy (non-hydrogen) atoms. The Morgan fingerprint density at radius 1 is 0.857 bits per heavy atom. The van der Waals surface area contributed by atoms with E-state index in [0.717, 1.165) is 0 Å². The third-order valence-electron chi connectivity index (χ3n) is 5.35. The van der Waals surface area contributed by atoms with Crippen molar-refractivity contribution >= 4 is 22.8 Å². The highest BCUT2D eigenvalue weighted by Crippen LogP contribution is 2.32. The molecule has 1 aromatic heterocycles. The summed E-state index contributed by atoms with van der Waals surface area (Å²) in [6, 6.07) is 12.7. The van der Waals surface area contributed by atoms with Gasteiger partial charge in [0.1, 0.15) is 0 Å². The molecule has 0 N–H and O–H groups in total. The maximum absolute atomic E-state index is 12.4. The summed E-state index contributed by atoms with van der Waals surface area (Å²) in [5.41, 5.74) is 3.53. The van der Waals surface area contributed by atoms with Gasteiger partial charge in [0.05, 0.1) is 16.6 Å². The van der Waals surface area contributed by atoms with Crippen LogP contribution >= 0.6 is 0 Å². The van der Waals surface area contributed by atoms with Crippen molar-refractivity contribution in [1.82, 2.24) is 9.97 Å². The van der Waals surface area contributed by atoms with Crippen molar-refractivity contribution in [3.63, 3.8) is 0 Å². The summed E-state index contributed by atoms with van der Waals surface area (Å²) in [6.07, 6.45) is 9.49. The van der Waals surface area contributed by atoms with Crippen LogP contribution in [0.5, 0.6) is 0 Å². The molecule has 0 aliphatic heterocycles. The average molecular weight is 374 g/mol. The fourth-order valence-electron chi connectivity index (χ4n) is 3.77. The van der Waals surface area contributed by atoms with Crippen LogP contribution in [0.2, 0.25) is 0 Å². The summed E-state index contributed by atoms with van der Waals surface area (Å²) in [7, 11) is 0. The van der Waals surface area contributed by atoms with Crippen molar-refractivity contribution in [2.24, 2.45) is 0 Å². The van der Waals surface area contributed by atoms with Crippen LogP contribution in [0, 0.1) is 0 Å². The van der Waals surface area contributed by atoms with E-state index in [1.54, 1.807) is 30.6 Å². The lowest BCUT2D eigenvalue weighted by molar-refractivity contribution is 0.0475. The number of hydrogen-bond acceptors (Lipinski definition) is 5. The predicted molar refractivity (Wildman–Crippen MR) is 106 cm³/mol. The number of fused-ring (bicyclic) bond motifs is 1. The minimum atomic E-state index is -0.542. The van der Waals surface area contributed by atoms with Gasteiger partial charge in [0.2, 0.25) is 0 Å². The van der Waals surface area contributed by atoms with Crippen LogP contribution in [0.3, 0.4) is 0 Å². The summed E-state index contributed by atoms with van der Waals surface area (Å²) in [5.74, 6) is -0.143. The molecule has 4 rings (SSSR count). The van der Waals surface area contributed by atoms with Crippen molar-refractivity contribution < 1.29 is 14.3 Å². The zero-order chi connectivity index (χ0) is 19.3. The fourth-order valence-corrected chi connectivity index (χ4v) is 3.77. The Morgan fingerprint density at radius 2 is 1.54 bits per heavy atom. The number of carbonyl (C=O) groups excluding carboxylic acids is 2. The highest BCUT2D eigenvalue weighted by molar-refractivity contribution is 6.00. The van der Waals surface area contributed by atoms with Gasteiger partial charge in [-0.15, -0.1) is 0 Å². The Bertz CT molecular complexity index is 992. The Morgan fingerprint density at radius 3 is 2.29 bits per heavy atom. The minimum Gasteiger partial charge on any atom is -0.454 e. The van der Waals surface area contributed by atoms with E-state index in [2.05, 4.69) is 9.97 Å². The lowest BCUT2D eigenvalue weighted by atomic mass is 9.84. The van der Waals surface area contributed by atoms with E-state index in [4.69, 9.17) is 4.74 Å². The molecule has 0 radical (unpaired) electrons. The molecule has 0 spiro atoms. The number of rotatable bonds is 5. The Balaban J connectivity index is 1.37. The van der Waals surface area contributed by atoms with Crippen LogP contribution in [0.4, 0.5) is 0 Å². The van der Waals surface area contributed by atoms with E-state index in [-0.39, 0.29) is 12.4 Å². The second-order valence-corrected chi connectivity index (χ2v) is 7.22. The van der Waals surface area contributed by atoms with E-state index in [1.807, 2.05) is 24.3 Å². The lowest BCUT2D eigenvalue weighted by Crippen LogP contribution is -2.14. The third-order valence-corrected chi connectivity index (χ3v) is 5.35.